The largest absolute Gasteiger partial charge is 0.292 e. The molecule has 1 rings (SSSR count). The molecule has 1 aromatic carbocycles. The van der Waals surface area contributed by atoms with Crippen molar-refractivity contribution in [2.45, 2.75) is 0 Å². The number of nitrogens with zero attached hydrogens (tertiary/aromatic N) is 2. The molecular formula is C8H4BrN3. The van der Waals surface area contributed by atoms with Gasteiger partial charge in [0.25, 0.3) is 0 Å². The molecular weight excluding hydrogens is 218 g/mol. The fraction of sp³-hybridized carbons (Fsp3) is 0. The zero-order chi connectivity index (χ0) is 8.97. The molecule has 0 heterocycles. The molecule has 0 saturated heterocycles. The summed E-state index contributed by atoms with van der Waals surface area (Å²) in [6.45, 7) is 0. The van der Waals surface area contributed by atoms with Crippen LogP contribution in [0.2, 0.25) is 0 Å². The van der Waals surface area contributed by atoms with Crippen LogP contribution in [-0.4, -0.2) is 0 Å². The highest BCUT2D eigenvalue weighted by atomic mass is 79.9. The van der Waals surface area contributed by atoms with Crippen LogP contribution in [0.25, 0.3) is 0 Å². The highest BCUT2D eigenvalue weighted by Crippen LogP contribution is 2.22. The summed E-state index contributed by atoms with van der Waals surface area (Å²) >= 11 is 3.22. The molecule has 1 N–H and O–H groups in total. The zero-order valence-corrected chi connectivity index (χ0v) is 7.59. The Labute approximate surface area is 78.4 Å². The topological polar surface area (TPSA) is 59.6 Å². The lowest BCUT2D eigenvalue weighted by Gasteiger charge is -1.99. The molecule has 4 heteroatoms. The van der Waals surface area contributed by atoms with E-state index in [1.54, 1.807) is 24.4 Å². The highest BCUT2D eigenvalue weighted by Gasteiger charge is 1.98. The van der Waals surface area contributed by atoms with E-state index in [1.165, 1.54) is 0 Å². The molecule has 0 spiro atoms. The van der Waals surface area contributed by atoms with E-state index >= 15 is 0 Å². The third-order valence-electron chi connectivity index (χ3n) is 1.29. The summed E-state index contributed by atoms with van der Waals surface area (Å²) < 4.78 is 0.711. The summed E-state index contributed by atoms with van der Waals surface area (Å²) in [5.74, 6) is 0. The second-order valence-corrected chi connectivity index (χ2v) is 2.90. The molecule has 58 valence electrons. The van der Waals surface area contributed by atoms with Crippen molar-refractivity contribution >= 4 is 21.6 Å². The zero-order valence-electron chi connectivity index (χ0n) is 6.00. The average molecular weight is 222 g/mol. The Morgan fingerprint density at radius 2 is 2.08 bits per heavy atom. The van der Waals surface area contributed by atoms with Crippen molar-refractivity contribution in [3.8, 4) is 12.3 Å². The Bertz CT molecular complexity index is 373. The lowest BCUT2D eigenvalue weighted by molar-refractivity contribution is 1.44. The molecule has 0 aliphatic carbocycles. The Kier molecular flexibility index (Phi) is 2.68. The van der Waals surface area contributed by atoms with Gasteiger partial charge < -0.3 is 0 Å². The Balaban J connectivity index is 3.07. The minimum Gasteiger partial charge on any atom is -0.292 e. The molecule has 1 aromatic rings. The van der Waals surface area contributed by atoms with Crippen LogP contribution in [0, 0.1) is 22.8 Å². The van der Waals surface area contributed by atoms with Gasteiger partial charge in [-0.05, 0) is 34.1 Å². The number of nitriles is 2. The second-order valence-electron chi connectivity index (χ2n) is 2.04. The Morgan fingerprint density at radius 1 is 1.33 bits per heavy atom. The standard InChI is InChI=1S/C8H4BrN3/c9-7-3-6(4-10)1-2-8(7)12-5-11/h1-3,12H. The van der Waals surface area contributed by atoms with Gasteiger partial charge >= 0.3 is 0 Å². The minimum absolute atomic E-state index is 0.561. The predicted octanol–water partition coefficient (Wildman–Crippen LogP) is 2.21. The maximum Gasteiger partial charge on any atom is 0.181 e. The van der Waals surface area contributed by atoms with Gasteiger partial charge in [0, 0.05) is 4.47 Å². The van der Waals surface area contributed by atoms with Gasteiger partial charge in [-0.15, -0.1) is 0 Å². The van der Waals surface area contributed by atoms with E-state index in [0.29, 0.717) is 15.7 Å². The molecule has 0 amide bonds. The van der Waals surface area contributed by atoms with E-state index in [0.717, 1.165) is 0 Å². The van der Waals surface area contributed by atoms with E-state index in [1.807, 2.05) is 6.07 Å². The normalized spacial score (nSPS) is 8.25. The SMILES string of the molecule is N#CNc1ccc(C#N)cc1Br. The van der Waals surface area contributed by atoms with Crippen LogP contribution in [0.5, 0.6) is 0 Å². The first-order valence-electron chi connectivity index (χ1n) is 3.12. The molecule has 0 unspecified atom stereocenters. The number of rotatable bonds is 1. The predicted molar refractivity (Wildman–Crippen MR) is 48.1 cm³/mol. The van der Waals surface area contributed by atoms with Gasteiger partial charge in [0.2, 0.25) is 0 Å². The number of halogens is 1. The summed E-state index contributed by atoms with van der Waals surface area (Å²) in [4.78, 5) is 0. The van der Waals surface area contributed by atoms with Crippen LogP contribution >= 0.6 is 15.9 Å². The van der Waals surface area contributed by atoms with E-state index in [9.17, 15) is 0 Å². The Hall–Kier alpha value is -1.52. The molecule has 0 aromatic heterocycles. The van der Waals surface area contributed by atoms with Gasteiger partial charge in [0.1, 0.15) is 0 Å². The highest BCUT2D eigenvalue weighted by molar-refractivity contribution is 9.10. The molecule has 0 radical (unpaired) electrons. The van der Waals surface area contributed by atoms with E-state index in [4.69, 9.17) is 10.5 Å². The van der Waals surface area contributed by atoms with Crippen molar-refractivity contribution in [2.24, 2.45) is 0 Å². The summed E-state index contributed by atoms with van der Waals surface area (Å²) in [6, 6.07) is 6.96. The first-order chi connectivity index (χ1) is 5.77. The van der Waals surface area contributed by atoms with Crippen LogP contribution in [0.4, 0.5) is 5.69 Å². The van der Waals surface area contributed by atoms with Gasteiger partial charge in [-0.1, -0.05) is 0 Å². The molecule has 0 bridgehead atoms. The first kappa shape index (κ1) is 8.58. The summed E-state index contributed by atoms with van der Waals surface area (Å²) in [7, 11) is 0. The fourth-order valence-electron chi connectivity index (χ4n) is 0.746. The molecule has 0 saturated carbocycles. The quantitative estimate of drug-likeness (QED) is 0.585. The lowest BCUT2D eigenvalue weighted by atomic mass is 10.2. The average Bonchev–Trinajstić information content (AvgIpc) is 2.09. The fourth-order valence-corrected chi connectivity index (χ4v) is 1.22. The molecule has 0 aliphatic heterocycles. The monoisotopic (exact) mass is 221 g/mol. The van der Waals surface area contributed by atoms with Crippen LogP contribution in [0.3, 0.4) is 0 Å². The van der Waals surface area contributed by atoms with Crippen LogP contribution in [-0.2, 0) is 0 Å². The third-order valence-corrected chi connectivity index (χ3v) is 1.94. The summed E-state index contributed by atoms with van der Waals surface area (Å²) in [6.07, 6.45) is 1.80. The molecule has 0 aliphatic rings. The summed E-state index contributed by atoms with van der Waals surface area (Å²) in [5.41, 5.74) is 1.22. The van der Waals surface area contributed by atoms with Crippen molar-refractivity contribution in [2.75, 3.05) is 5.32 Å². The third kappa shape index (κ3) is 1.75. The second kappa shape index (κ2) is 3.75. The smallest absolute Gasteiger partial charge is 0.181 e. The van der Waals surface area contributed by atoms with Gasteiger partial charge in [0.15, 0.2) is 6.19 Å². The van der Waals surface area contributed by atoms with Crippen molar-refractivity contribution in [1.82, 2.24) is 0 Å². The maximum atomic E-state index is 8.53. The molecule has 3 nitrogen and oxygen atoms in total. The van der Waals surface area contributed by atoms with Crippen molar-refractivity contribution < 1.29 is 0 Å². The van der Waals surface area contributed by atoms with E-state index in [-0.39, 0.29) is 0 Å². The first-order valence-corrected chi connectivity index (χ1v) is 3.92. The van der Waals surface area contributed by atoms with E-state index in [2.05, 4.69) is 21.2 Å². The Morgan fingerprint density at radius 3 is 2.58 bits per heavy atom. The van der Waals surface area contributed by atoms with Gasteiger partial charge in [-0.25, -0.2) is 0 Å². The number of hydrogen-bond donors (Lipinski definition) is 1. The van der Waals surface area contributed by atoms with Crippen molar-refractivity contribution in [1.29, 1.82) is 10.5 Å². The van der Waals surface area contributed by atoms with Gasteiger partial charge in [-0.2, -0.15) is 10.5 Å². The maximum absolute atomic E-state index is 8.53. The number of benzene rings is 1. The van der Waals surface area contributed by atoms with Gasteiger partial charge in [-0.3, -0.25) is 5.32 Å². The number of hydrogen-bond acceptors (Lipinski definition) is 3. The van der Waals surface area contributed by atoms with Crippen LogP contribution in [0.1, 0.15) is 5.56 Å². The number of anilines is 1. The molecule has 0 fully saturated rings. The molecule has 12 heavy (non-hydrogen) atoms. The van der Waals surface area contributed by atoms with E-state index < -0.39 is 0 Å². The van der Waals surface area contributed by atoms with Crippen molar-refractivity contribution in [3.63, 3.8) is 0 Å². The molecule has 0 atom stereocenters. The van der Waals surface area contributed by atoms with Crippen molar-refractivity contribution in [3.05, 3.63) is 28.2 Å². The number of nitrogens with one attached hydrogen (secondary N) is 1. The lowest BCUT2D eigenvalue weighted by Crippen LogP contribution is -1.88. The van der Waals surface area contributed by atoms with Crippen LogP contribution < -0.4 is 5.32 Å². The minimum atomic E-state index is 0.561. The summed E-state index contributed by atoms with van der Waals surface area (Å²) in [5, 5.41) is 19.3. The van der Waals surface area contributed by atoms with Crippen LogP contribution in [0.15, 0.2) is 22.7 Å². The van der Waals surface area contributed by atoms with Gasteiger partial charge in [0.05, 0.1) is 17.3 Å².